The Morgan fingerprint density at radius 2 is 1.90 bits per heavy atom. The molecule has 0 atom stereocenters. The molecule has 2 N–H and O–H groups in total. The molecule has 2 rings (SSSR count). The Balaban J connectivity index is 2.17. The van der Waals surface area contributed by atoms with Crippen LogP contribution in [0.4, 0.5) is 24.9 Å². The van der Waals surface area contributed by atoms with Crippen molar-refractivity contribution in [2.75, 3.05) is 17.2 Å². The second-order valence-electron chi connectivity index (χ2n) is 5.37. The SMILES string of the molecule is CCCNc1nc(NC2CCCCC2)cc(C(F)(F)F)n1. The van der Waals surface area contributed by atoms with Gasteiger partial charge in [0.05, 0.1) is 0 Å². The van der Waals surface area contributed by atoms with E-state index in [1.807, 2.05) is 6.92 Å². The number of nitrogens with zero attached hydrogens (tertiary/aromatic N) is 2. The highest BCUT2D eigenvalue weighted by molar-refractivity contribution is 5.43. The molecule has 0 amide bonds. The quantitative estimate of drug-likeness (QED) is 0.861. The summed E-state index contributed by atoms with van der Waals surface area (Å²) in [5.74, 6) is 0.285. The van der Waals surface area contributed by atoms with Gasteiger partial charge < -0.3 is 10.6 Å². The Labute approximate surface area is 122 Å². The van der Waals surface area contributed by atoms with Crippen LogP contribution in [-0.2, 0) is 6.18 Å². The van der Waals surface area contributed by atoms with Gasteiger partial charge in [-0.05, 0) is 19.3 Å². The molecular formula is C14H21F3N4. The van der Waals surface area contributed by atoms with Crippen LogP contribution in [0.5, 0.6) is 0 Å². The molecule has 0 spiro atoms. The topological polar surface area (TPSA) is 49.8 Å². The third-order valence-corrected chi connectivity index (χ3v) is 3.51. The third kappa shape index (κ3) is 4.75. The molecule has 0 unspecified atom stereocenters. The molecule has 0 radical (unpaired) electrons. The largest absolute Gasteiger partial charge is 0.433 e. The van der Waals surface area contributed by atoms with Crippen LogP contribution in [-0.4, -0.2) is 22.6 Å². The highest BCUT2D eigenvalue weighted by Crippen LogP contribution is 2.30. The van der Waals surface area contributed by atoms with Crippen molar-refractivity contribution in [2.24, 2.45) is 0 Å². The van der Waals surface area contributed by atoms with E-state index >= 15 is 0 Å². The van der Waals surface area contributed by atoms with Gasteiger partial charge in [-0.2, -0.15) is 18.2 Å². The van der Waals surface area contributed by atoms with Crippen LogP contribution in [0.1, 0.15) is 51.1 Å². The molecule has 0 bridgehead atoms. The van der Waals surface area contributed by atoms with Crippen molar-refractivity contribution in [3.05, 3.63) is 11.8 Å². The number of alkyl halides is 3. The monoisotopic (exact) mass is 302 g/mol. The van der Waals surface area contributed by atoms with Crippen molar-refractivity contribution in [1.82, 2.24) is 9.97 Å². The lowest BCUT2D eigenvalue weighted by molar-refractivity contribution is -0.141. The predicted molar refractivity (Wildman–Crippen MR) is 76.3 cm³/mol. The van der Waals surface area contributed by atoms with Crippen LogP contribution in [0.15, 0.2) is 6.07 Å². The van der Waals surface area contributed by atoms with Crippen molar-refractivity contribution in [3.63, 3.8) is 0 Å². The molecule has 1 aliphatic carbocycles. The molecule has 0 aromatic carbocycles. The lowest BCUT2D eigenvalue weighted by Gasteiger charge is -2.23. The van der Waals surface area contributed by atoms with E-state index in [-0.39, 0.29) is 17.8 Å². The van der Waals surface area contributed by atoms with E-state index in [1.165, 1.54) is 6.42 Å². The van der Waals surface area contributed by atoms with Crippen LogP contribution in [0.25, 0.3) is 0 Å². The predicted octanol–water partition coefficient (Wildman–Crippen LogP) is 4.06. The van der Waals surface area contributed by atoms with Gasteiger partial charge in [0.2, 0.25) is 5.95 Å². The van der Waals surface area contributed by atoms with Crippen molar-refractivity contribution >= 4 is 11.8 Å². The summed E-state index contributed by atoms with van der Waals surface area (Å²) in [6, 6.07) is 1.19. The zero-order valence-electron chi connectivity index (χ0n) is 12.1. The van der Waals surface area contributed by atoms with E-state index in [0.29, 0.717) is 6.54 Å². The zero-order valence-corrected chi connectivity index (χ0v) is 12.1. The Morgan fingerprint density at radius 1 is 1.19 bits per heavy atom. The summed E-state index contributed by atoms with van der Waals surface area (Å²) in [6.45, 7) is 2.48. The molecule has 0 saturated heterocycles. The standard InChI is InChI=1S/C14H21F3N4/c1-2-8-18-13-20-11(14(15,16)17)9-12(21-13)19-10-6-4-3-5-7-10/h9-10H,2-8H2,1H3,(H2,18,19,20,21). The lowest BCUT2D eigenvalue weighted by atomic mass is 9.95. The summed E-state index contributed by atoms with van der Waals surface area (Å²) in [7, 11) is 0. The second-order valence-corrected chi connectivity index (χ2v) is 5.37. The minimum atomic E-state index is -4.46. The van der Waals surface area contributed by atoms with Gasteiger partial charge in [0.1, 0.15) is 5.82 Å². The molecule has 0 aliphatic heterocycles. The first-order chi connectivity index (χ1) is 9.99. The Hall–Kier alpha value is -1.53. The van der Waals surface area contributed by atoms with E-state index in [4.69, 9.17) is 0 Å². The summed E-state index contributed by atoms with van der Waals surface area (Å²) >= 11 is 0. The normalized spacial score (nSPS) is 16.8. The second kappa shape index (κ2) is 6.95. The first-order valence-electron chi connectivity index (χ1n) is 7.45. The first-order valence-corrected chi connectivity index (χ1v) is 7.45. The number of aromatic nitrogens is 2. The number of anilines is 2. The highest BCUT2D eigenvalue weighted by Gasteiger charge is 2.34. The molecule has 1 aromatic rings. The lowest BCUT2D eigenvalue weighted by Crippen LogP contribution is -2.24. The highest BCUT2D eigenvalue weighted by atomic mass is 19.4. The average molecular weight is 302 g/mol. The molecule has 1 fully saturated rings. The molecule has 1 aliphatic rings. The number of halogens is 3. The maximum Gasteiger partial charge on any atom is 0.433 e. The van der Waals surface area contributed by atoms with Crippen molar-refractivity contribution < 1.29 is 13.2 Å². The molecule has 21 heavy (non-hydrogen) atoms. The minimum Gasteiger partial charge on any atom is -0.367 e. The fraction of sp³-hybridized carbons (Fsp3) is 0.714. The Bertz CT molecular complexity index is 456. The molecule has 1 saturated carbocycles. The van der Waals surface area contributed by atoms with E-state index in [1.54, 1.807) is 0 Å². The van der Waals surface area contributed by atoms with Crippen molar-refractivity contribution in [1.29, 1.82) is 0 Å². The van der Waals surface area contributed by atoms with Gasteiger partial charge in [0, 0.05) is 18.7 Å². The smallest absolute Gasteiger partial charge is 0.367 e. The average Bonchev–Trinajstić information content (AvgIpc) is 2.45. The van der Waals surface area contributed by atoms with Gasteiger partial charge in [-0.25, -0.2) is 4.98 Å². The summed E-state index contributed by atoms with van der Waals surface area (Å²) in [6.07, 6.45) is 1.69. The number of nitrogens with one attached hydrogen (secondary N) is 2. The van der Waals surface area contributed by atoms with Crippen LogP contribution < -0.4 is 10.6 Å². The van der Waals surface area contributed by atoms with Crippen LogP contribution in [0.3, 0.4) is 0 Å². The van der Waals surface area contributed by atoms with Crippen LogP contribution in [0.2, 0.25) is 0 Å². The van der Waals surface area contributed by atoms with Crippen molar-refractivity contribution in [2.45, 2.75) is 57.7 Å². The summed E-state index contributed by atoms with van der Waals surface area (Å²) in [4.78, 5) is 7.69. The van der Waals surface area contributed by atoms with Gasteiger partial charge in [-0.1, -0.05) is 26.2 Å². The molecule has 1 aromatic heterocycles. The third-order valence-electron chi connectivity index (χ3n) is 3.51. The minimum absolute atomic E-state index is 0.0324. The van der Waals surface area contributed by atoms with E-state index in [0.717, 1.165) is 38.2 Å². The fourth-order valence-corrected chi connectivity index (χ4v) is 2.44. The number of hydrogen-bond donors (Lipinski definition) is 2. The molecule has 118 valence electrons. The molecular weight excluding hydrogens is 281 g/mol. The van der Waals surface area contributed by atoms with E-state index < -0.39 is 11.9 Å². The van der Waals surface area contributed by atoms with Gasteiger partial charge in [-0.15, -0.1) is 0 Å². The number of rotatable bonds is 5. The van der Waals surface area contributed by atoms with Gasteiger partial charge in [-0.3, -0.25) is 0 Å². The zero-order chi connectivity index (χ0) is 15.3. The number of hydrogen-bond acceptors (Lipinski definition) is 4. The summed E-state index contributed by atoms with van der Waals surface area (Å²) < 4.78 is 38.7. The van der Waals surface area contributed by atoms with Gasteiger partial charge >= 0.3 is 6.18 Å². The van der Waals surface area contributed by atoms with E-state index in [2.05, 4.69) is 20.6 Å². The van der Waals surface area contributed by atoms with Gasteiger partial charge in [0.25, 0.3) is 0 Å². The Kier molecular flexibility index (Phi) is 5.25. The fourth-order valence-electron chi connectivity index (χ4n) is 2.44. The summed E-state index contributed by atoms with van der Waals surface area (Å²) in [5.41, 5.74) is -0.908. The van der Waals surface area contributed by atoms with E-state index in [9.17, 15) is 13.2 Å². The molecule has 1 heterocycles. The maximum atomic E-state index is 12.9. The molecule has 4 nitrogen and oxygen atoms in total. The maximum absolute atomic E-state index is 12.9. The first kappa shape index (κ1) is 15.9. The van der Waals surface area contributed by atoms with Gasteiger partial charge in [0.15, 0.2) is 5.69 Å². The van der Waals surface area contributed by atoms with Crippen LogP contribution in [0, 0.1) is 0 Å². The van der Waals surface area contributed by atoms with Crippen molar-refractivity contribution in [3.8, 4) is 0 Å². The van der Waals surface area contributed by atoms with Crippen LogP contribution >= 0.6 is 0 Å². The summed E-state index contributed by atoms with van der Waals surface area (Å²) in [5, 5.41) is 5.94. The molecule has 7 heteroatoms. The Morgan fingerprint density at radius 3 is 2.52 bits per heavy atom.